The fraction of sp³-hybridized carbons (Fsp3) is 0.103. The second-order valence-electron chi connectivity index (χ2n) is 8.13. The quantitative estimate of drug-likeness (QED) is 0.293. The first-order valence-electron chi connectivity index (χ1n) is 11.1. The molecular weight excluding hydrogens is 395 g/mol. The predicted molar refractivity (Wildman–Crippen MR) is 129 cm³/mol. The molecule has 0 saturated carbocycles. The first-order valence-corrected chi connectivity index (χ1v) is 10.6. The molecule has 5 rings (SSSR count). The van der Waals surface area contributed by atoms with Crippen molar-refractivity contribution in [2.24, 2.45) is 7.05 Å². The Bertz CT molecular complexity index is 1500. The third-order valence-corrected chi connectivity index (χ3v) is 6.08. The molecule has 2 aromatic heterocycles. The van der Waals surface area contributed by atoms with E-state index in [9.17, 15) is 4.39 Å². The molecule has 0 amide bonds. The van der Waals surface area contributed by atoms with Gasteiger partial charge in [-0.05, 0) is 59.3 Å². The van der Waals surface area contributed by atoms with E-state index in [0.29, 0.717) is 11.6 Å². The zero-order valence-corrected chi connectivity index (χ0v) is 18.4. The van der Waals surface area contributed by atoms with Crippen LogP contribution < -0.4 is 4.57 Å². The molecular formula is C29H24FN2+. The maximum Gasteiger partial charge on any atom is 0.220 e. The van der Waals surface area contributed by atoms with E-state index < -0.39 is 0 Å². The normalized spacial score (nSPS) is 11.6. The Hall–Kier alpha value is -3.85. The lowest BCUT2D eigenvalue weighted by atomic mass is 9.93. The van der Waals surface area contributed by atoms with Crippen molar-refractivity contribution in [1.82, 2.24) is 4.98 Å². The number of aromatic nitrogens is 2. The van der Waals surface area contributed by atoms with Crippen molar-refractivity contribution in [1.29, 1.82) is 0 Å². The van der Waals surface area contributed by atoms with Crippen molar-refractivity contribution in [3.05, 3.63) is 108 Å². The molecule has 0 saturated heterocycles. The Morgan fingerprint density at radius 2 is 1.62 bits per heavy atom. The molecule has 5 aromatic rings. The Kier molecular flexibility index (Phi) is 4.73. The minimum atomic E-state index is -0.234. The summed E-state index contributed by atoms with van der Waals surface area (Å²) in [5.74, 6) is -0.234. The standard InChI is InChI=1S/C29H24FN2/c1-19-14-28(30)27(21-8-5-4-6-9-21)17-26(19)29-25-12-11-22(23-10-7-13-31-18-23)16-24(25)15-20(2)32(29)3/h4-18H,1-3H3/q+1/i15D. The number of pyridine rings is 2. The summed E-state index contributed by atoms with van der Waals surface area (Å²) in [5.41, 5.74) is 7.09. The average molecular weight is 421 g/mol. The van der Waals surface area contributed by atoms with E-state index in [2.05, 4.69) is 23.2 Å². The third-order valence-electron chi connectivity index (χ3n) is 6.08. The minimum Gasteiger partial charge on any atom is -0.264 e. The highest BCUT2D eigenvalue weighted by molar-refractivity contribution is 5.97. The van der Waals surface area contributed by atoms with Crippen LogP contribution in [0.15, 0.2) is 91.2 Å². The molecule has 156 valence electrons. The van der Waals surface area contributed by atoms with E-state index in [1.54, 1.807) is 12.3 Å². The molecule has 32 heavy (non-hydrogen) atoms. The van der Waals surface area contributed by atoms with Crippen molar-refractivity contribution in [3.63, 3.8) is 0 Å². The molecule has 0 atom stereocenters. The van der Waals surface area contributed by atoms with Crippen LogP contribution in [-0.4, -0.2) is 4.98 Å². The summed E-state index contributed by atoms with van der Waals surface area (Å²) < 4.78 is 25.8. The zero-order chi connectivity index (χ0) is 23.1. The number of rotatable bonds is 3. The number of fused-ring (bicyclic) bond motifs is 1. The summed E-state index contributed by atoms with van der Waals surface area (Å²) in [5, 5.41) is 1.83. The molecule has 3 aromatic carbocycles. The van der Waals surface area contributed by atoms with Crippen molar-refractivity contribution < 1.29 is 10.3 Å². The van der Waals surface area contributed by atoms with E-state index in [1.165, 1.54) is 0 Å². The summed E-state index contributed by atoms with van der Waals surface area (Å²) in [6.45, 7) is 3.89. The van der Waals surface area contributed by atoms with Gasteiger partial charge in [-0.15, -0.1) is 0 Å². The van der Waals surface area contributed by atoms with E-state index in [4.69, 9.17) is 1.37 Å². The van der Waals surface area contributed by atoms with Crippen LogP contribution in [0.4, 0.5) is 4.39 Å². The van der Waals surface area contributed by atoms with Crippen LogP contribution in [0.5, 0.6) is 0 Å². The maximum absolute atomic E-state index is 15.0. The van der Waals surface area contributed by atoms with Crippen molar-refractivity contribution in [2.45, 2.75) is 13.8 Å². The fourth-order valence-corrected chi connectivity index (χ4v) is 4.29. The lowest BCUT2D eigenvalue weighted by Crippen LogP contribution is -2.35. The second-order valence-corrected chi connectivity index (χ2v) is 8.13. The number of aryl methyl sites for hydroxylation is 1. The number of hydrogen-bond acceptors (Lipinski definition) is 1. The van der Waals surface area contributed by atoms with Crippen LogP contribution in [0, 0.1) is 19.7 Å². The smallest absolute Gasteiger partial charge is 0.220 e. The number of benzene rings is 3. The van der Waals surface area contributed by atoms with Gasteiger partial charge in [-0.25, -0.2) is 4.39 Å². The Morgan fingerprint density at radius 1 is 0.844 bits per heavy atom. The monoisotopic (exact) mass is 420 g/mol. The highest BCUT2D eigenvalue weighted by Crippen LogP contribution is 2.35. The summed E-state index contributed by atoms with van der Waals surface area (Å²) in [6.07, 6.45) is 3.59. The molecule has 0 aliphatic rings. The molecule has 2 heterocycles. The molecule has 0 aliphatic heterocycles. The summed E-state index contributed by atoms with van der Waals surface area (Å²) in [6, 6.07) is 23.8. The molecule has 0 spiro atoms. The molecule has 0 aliphatic carbocycles. The van der Waals surface area contributed by atoms with Crippen LogP contribution in [0.25, 0.3) is 44.3 Å². The van der Waals surface area contributed by atoms with Gasteiger partial charge in [0.15, 0.2) is 5.69 Å². The minimum absolute atomic E-state index is 0.234. The molecule has 2 nitrogen and oxygen atoms in total. The molecule has 0 unspecified atom stereocenters. The van der Waals surface area contributed by atoms with Gasteiger partial charge < -0.3 is 0 Å². The van der Waals surface area contributed by atoms with Gasteiger partial charge in [-0.1, -0.05) is 42.5 Å². The summed E-state index contributed by atoms with van der Waals surface area (Å²) >= 11 is 0. The van der Waals surface area contributed by atoms with Crippen LogP contribution >= 0.6 is 0 Å². The maximum atomic E-state index is 15.0. The van der Waals surface area contributed by atoms with Gasteiger partial charge in [0.1, 0.15) is 12.9 Å². The first kappa shape index (κ1) is 18.9. The number of halogens is 1. The van der Waals surface area contributed by atoms with E-state index >= 15 is 0 Å². The van der Waals surface area contributed by atoms with Crippen molar-refractivity contribution >= 4 is 10.8 Å². The van der Waals surface area contributed by atoms with E-state index in [0.717, 1.165) is 50.0 Å². The fourth-order valence-electron chi connectivity index (χ4n) is 4.29. The highest BCUT2D eigenvalue weighted by Gasteiger charge is 2.22. The molecule has 0 fully saturated rings. The number of hydrogen-bond donors (Lipinski definition) is 0. The predicted octanol–water partition coefficient (Wildman–Crippen LogP) is 6.82. The largest absolute Gasteiger partial charge is 0.264 e. The summed E-state index contributed by atoms with van der Waals surface area (Å²) in [4.78, 5) is 4.23. The van der Waals surface area contributed by atoms with Crippen molar-refractivity contribution in [2.75, 3.05) is 0 Å². The number of nitrogens with zero attached hydrogens (tertiary/aromatic N) is 2. The average Bonchev–Trinajstić information content (AvgIpc) is 2.85. The SMILES string of the molecule is [2H]c1c(C)[n+](C)c(-c2cc(-c3ccccc3)c(F)cc2C)c2ccc(-c3cccnc3)cc12. The van der Waals surface area contributed by atoms with Gasteiger partial charge in [0.2, 0.25) is 5.69 Å². The third kappa shape index (κ3) is 3.46. The first-order chi connectivity index (χ1) is 16.0. The van der Waals surface area contributed by atoms with Gasteiger partial charge in [0, 0.05) is 36.5 Å². The van der Waals surface area contributed by atoms with Gasteiger partial charge >= 0.3 is 0 Å². The topological polar surface area (TPSA) is 16.8 Å². The second kappa shape index (κ2) is 8.01. The van der Waals surface area contributed by atoms with E-state index in [-0.39, 0.29) is 5.82 Å². The lowest BCUT2D eigenvalue weighted by molar-refractivity contribution is -0.665. The highest BCUT2D eigenvalue weighted by atomic mass is 19.1. The Balaban J connectivity index is 1.80. The van der Waals surface area contributed by atoms with Gasteiger partial charge in [0.25, 0.3) is 0 Å². The van der Waals surface area contributed by atoms with Gasteiger partial charge in [-0.2, -0.15) is 4.57 Å². The Labute approximate surface area is 189 Å². The molecule has 0 bridgehead atoms. The van der Waals surface area contributed by atoms with Crippen LogP contribution in [0.1, 0.15) is 12.6 Å². The van der Waals surface area contributed by atoms with Crippen LogP contribution in [0.2, 0.25) is 0 Å². The van der Waals surface area contributed by atoms with Gasteiger partial charge in [-0.3, -0.25) is 4.98 Å². The lowest BCUT2D eigenvalue weighted by Gasteiger charge is -2.13. The molecule has 3 heteroatoms. The van der Waals surface area contributed by atoms with Crippen LogP contribution in [0.3, 0.4) is 0 Å². The van der Waals surface area contributed by atoms with Crippen LogP contribution in [-0.2, 0) is 7.05 Å². The summed E-state index contributed by atoms with van der Waals surface area (Å²) in [7, 11) is 1.97. The van der Waals surface area contributed by atoms with Crippen molar-refractivity contribution in [3.8, 4) is 33.5 Å². The molecule has 0 N–H and O–H groups in total. The zero-order valence-electron chi connectivity index (χ0n) is 19.4. The van der Waals surface area contributed by atoms with E-state index in [1.807, 2.05) is 80.2 Å². The molecule has 0 radical (unpaired) electrons. The van der Waals surface area contributed by atoms with Gasteiger partial charge in [0.05, 0.1) is 12.3 Å². The Morgan fingerprint density at radius 3 is 2.38 bits per heavy atom.